The summed E-state index contributed by atoms with van der Waals surface area (Å²) in [5.41, 5.74) is 10.1. The molecule has 0 saturated carbocycles. The molecule has 100 valence electrons. The minimum Gasteiger partial charge on any atom is -0.496 e. The number of aryl methyl sites for hydroxylation is 2. The highest BCUT2D eigenvalue weighted by atomic mass is 19.1. The zero-order valence-electron chi connectivity index (χ0n) is 11.4. The maximum absolute atomic E-state index is 13.3. The molecule has 2 nitrogen and oxygen atoms in total. The average Bonchev–Trinajstić information content (AvgIpc) is 2.37. The molecule has 0 fully saturated rings. The lowest BCUT2D eigenvalue weighted by atomic mass is 9.93. The van der Waals surface area contributed by atoms with Gasteiger partial charge >= 0.3 is 0 Å². The number of hydrogen-bond donors (Lipinski definition) is 1. The van der Waals surface area contributed by atoms with Gasteiger partial charge in [0.2, 0.25) is 0 Å². The van der Waals surface area contributed by atoms with E-state index in [1.165, 1.54) is 12.1 Å². The Bertz CT molecular complexity index is 595. The van der Waals surface area contributed by atoms with Crippen molar-refractivity contribution in [3.63, 3.8) is 0 Å². The molecule has 0 radical (unpaired) electrons. The van der Waals surface area contributed by atoms with Gasteiger partial charge in [-0.1, -0.05) is 18.2 Å². The van der Waals surface area contributed by atoms with Crippen LogP contribution in [0.15, 0.2) is 36.4 Å². The third-order valence-electron chi connectivity index (χ3n) is 3.23. The SMILES string of the molecule is COc1cc(C)cc(C)c1C(N)c1cccc(F)c1. The predicted molar refractivity (Wildman–Crippen MR) is 74.9 cm³/mol. The van der Waals surface area contributed by atoms with Gasteiger partial charge in [0.05, 0.1) is 13.2 Å². The van der Waals surface area contributed by atoms with Crippen LogP contribution in [0.3, 0.4) is 0 Å². The van der Waals surface area contributed by atoms with Gasteiger partial charge in [0, 0.05) is 5.56 Å². The summed E-state index contributed by atoms with van der Waals surface area (Å²) in [5, 5.41) is 0. The van der Waals surface area contributed by atoms with Crippen LogP contribution in [0.25, 0.3) is 0 Å². The van der Waals surface area contributed by atoms with Crippen molar-refractivity contribution in [3.05, 3.63) is 64.5 Å². The van der Waals surface area contributed by atoms with Gasteiger partial charge in [-0.05, 0) is 48.7 Å². The summed E-state index contributed by atoms with van der Waals surface area (Å²) in [6.07, 6.45) is 0. The maximum atomic E-state index is 13.3. The van der Waals surface area contributed by atoms with Crippen molar-refractivity contribution in [3.8, 4) is 5.75 Å². The molecule has 1 atom stereocenters. The fourth-order valence-electron chi connectivity index (χ4n) is 2.37. The van der Waals surface area contributed by atoms with Crippen molar-refractivity contribution < 1.29 is 9.13 Å². The molecular formula is C16H18FNO. The quantitative estimate of drug-likeness (QED) is 0.915. The van der Waals surface area contributed by atoms with E-state index in [1.807, 2.05) is 26.0 Å². The Morgan fingerprint density at radius 3 is 2.53 bits per heavy atom. The fourth-order valence-corrected chi connectivity index (χ4v) is 2.37. The standard InChI is InChI=1S/C16H18FNO/c1-10-7-11(2)15(14(8-10)19-3)16(18)12-5-4-6-13(17)9-12/h4-9,16H,18H2,1-3H3. The van der Waals surface area contributed by atoms with Gasteiger partial charge in [-0.15, -0.1) is 0 Å². The first kappa shape index (κ1) is 13.6. The Labute approximate surface area is 113 Å². The van der Waals surface area contributed by atoms with Crippen molar-refractivity contribution in [1.29, 1.82) is 0 Å². The lowest BCUT2D eigenvalue weighted by molar-refractivity contribution is 0.407. The molecule has 3 heteroatoms. The molecule has 0 amide bonds. The number of halogens is 1. The van der Waals surface area contributed by atoms with Gasteiger partial charge in [-0.3, -0.25) is 0 Å². The first-order valence-electron chi connectivity index (χ1n) is 6.19. The van der Waals surface area contributed by atoms with Gasteiger partial charge in [-0.2, -0.15) is 0 Å². The van der Waals surface area contributed by atoms with Gasteiger partial charge in [-0.25, -0.2) is 4.39 Å². The minimum atomic E-state index is -0.397. The number of nitrogens with two attached hydrogens (primary N) is 1. The number of rotatable bonds is 3. The Hall–Kier alpha value is -1.87. The Morgan fingerprint density at radius 1 is 1.16 bits per heavy atom. The van der Waals surface area contributed by atoms with Crippen LogP contribution in [-0.4, -0.2) is 7.11 Å². The number of methoxy groups -OCH3 is 1. The van der Waals surface area contributed by atoms with Gasteiger partial charge in [0.1, 0.15) is 11.6 Å². The molecule has 0 aliphatic carbocycles. The van der Waals surface area contributed by atoms with Gasteiger partial charge < -0.3 is 10.5 Å². The van der Waals surface area contributed by atoms with Gasteiger partial charge in [0.15, 0.2) is 0 Å². The van der Waals surface area contributed by atoms with Crippen molar-refractivity contribution in [1.82, 2.24) is 0 Å². The number of benzene rings is 2. The summed E-state index contributed by atoms with van der Waals surface area (Å²) in [4.78, 5) is 0. The topological polar surface area (TPSA) is 35.2 Å². The molecule has 2 aromatic carbocycles. The Kier molecular flexibility index (Phi) is 3.86. The Morgan fingerprint density at radius 2 is 1.89 bits per heavy atom. The lowest BCUT2D eigenvalue weighted by Crippen LogP contribution is -2.15. The minimum absolute atomic E-state index is 0.281. The number of hydrogen-bond acceptors (Lipinski definition) is 2. The Balaban J connectivity index is 2.52. The zero-order valence-corrected chi connectivity index (χ0v) is 11.4. The third-order valence-corrected chi connectivity index (χ3v) is 3.23. The van der Waals surface area contributed by atoms with Crippen molar-refractivity contribution in [2.75, 3.05) is 7.11 Å². The molecule has 0 aromatic heterocycles. The first-order valence-corrected chi connectivity index (χ1v) is 6.19. The summed E-state index contributed by atoms with van der Waals surface area (Å²) < 4.78 is 18.7. The van der Waals surface area contributed by atoms with E-state index in [0.717, 1.165) is 28.0 Å². The molecule has 2 N–H and O–H groups in total. The molecule has 19 heavy (non-hydrogen) atoms. The predicted octanol–water partition coefficient (Wildman–Crippen LogP) is 3.50. The zero-order chi connectivity index (χ0) is 14.0. The van der Waals surface area contributed by atoms with Crippen LogP contribution in [-0.2, 0) is 0 Å². The smallest absolute Gasteiger partial charge is 0.124 e. The average molecular weight is 259 g/mol. The van der Waals surface area contributed by atoms with Gasteiger partial charge in [0.25, 0.3) is 0 Å². The molecule has 0 saturated heterocycles. The van der Waals surface area contributed by atoms with Crippen LogP contribution >= 0.6 is 0 Å². The maximum Gasteiger partial charge on any atom is 0.124 e. The van der Waals surface area contributed by atoms with Crippen LogP contribution < -0.4 is 10.5 Å². The molecule has 0 spiro atoms. The van der Waals surface area contributed by atoms with Crippen molar-refractivity contribution in [2.24, 2.45) is 5.73 Å². The van der Waals surface area contributed by atoms with Crippen LogP contribution in [0.1, 0.15) is 28.3 Å². The van der Waals surface area contributed by atoms with Crippen LogP contribution in [0, 0.1) is 19.7 Å². The highest BCUT2D eigenvalue weighted by Crippen LogP contribution is 2.32. The highest BCUT2D eigenvalue weighted by molar-refractivity contribution is 5.48. The summed E-state index contributed by atoms with van der Waals surface area (Å²) in [6.45, 7) is 4.00. The van der Waals surface area contributed by atoms with E-state index in [0.29, 0.717) is 0 Å². The second kappa shape index (κ2) is 5.41. The number of ether oxygens (including phenoxy) is 1. The monoisotopic (exact) mass is 259 g/mol. The van der Waals surface area contributed by atoms with E-state index < -0.39 is 6.04 Å². The molecule has 0 heterocycles. The van der Waals surface area contributed by atoms with E-state index in [2.05, 4.69) is 6.07 Å². The second-order valence-corrected chi connectivity index (χ2v) is 4.73. The van der Waals surface area contributed by atoms with E-state index >= 15 is 0 Å². The third kappa shape index (κ3) is 2.76. The van der Waals surface area contributed by atoms with Crippen LogP contribution in [0.2, 0.25) is 0 Å². The molecule has 1 unspecified atom stereocenters. The summed E-state index contributed by atoms with van der Waals surface area (Å²) in [7, 11) is 1.62. The summed E-state index contributed by atoms with van der Waals surface area (Å²) >= 11 is 0. The summed E-state index contributed by atoms with van der Waals surface area (Å²) in [5.74, 6) is 0.464. The van der Waals surface area contributed by atoms with E-state index in [1.54, 1.807) is 13.2 Å². The first-order chi connectivity index (χ1) is 9.02. The molecule has 2 rings (SSSR count). The second-order valence-electron chi connectivity index (χ2n) is 4.73. The van der Waals surface area contributed by atoms with E-state index in [9.17, 15) is 4.39 Å². The van der Waals surface area contributed by atoms with Crippen molar-refractivity contribution in [2.45, 2.75) is 19.9 Å². The lowest BCUT2D eigenvalue weighted by Gasteiger charge is -2.19. The highest BCUT2D eigenvalue weighted by Gasteiger charge is 2.17. The van der Waals surface area contributed by atoms with E-state index in [-0.39, 0.29) is 5.82 Å². The fraction of sp³-hybridized carbons (Fsp3) is 0.250. The van der Waals surface area contributed by atoms with Crippen LogP contribution in [0.5, 0.6) is 5.75 Å². The van der Waals surface area contributed by atoms with E-state index in [4.69, 9.17) is 10.5 Å². The molecule has 2 aromatic rings. The molecular weight excluding hydrogens is 241 g/mol. The molecule has 0 aliphatic rings. The van der Waals surface area contributed by atoms with Crippen LogP contribution in [0.4, 0.5) is 4.39 Å². The normalized spacial score (nSPS) is 12.3. The molecule has 0 aliphatic heterocycles. The molecule has 0 bridgehead atoms. The largest absolute Gasteiger partial charge is 0.496 e. The summed E-state index contributed by atoms with van der Waals surface area (Å²) in [6, 6.07) is 9.97. The van der Waals surface area contributed by atoms with Crippen molar-refractivity contribution >= 4 is 0 Å².